The highest BCUT2D eigenvalue weighted by Gasteiger charge is 2.37. The second-order valence-corrected chi connectivity index (χ2v) is 7.71. The van der Waals surface area contributed by atoms with Gasteiger partial charge in [0.2, 0.25) is 5.91 Å². The lowest BCUT2D eigenvalue weighted by atomic mass is 9.97. The van der Waals surface area contributed by atoms with Crippen LogP contribution in [0.3, 0.4) is 0 Å². The molecule has 0 spiro atoms. The summed E-state index contributed by atoms with van der Waals surface area (Å²) in [6, 6.07) is -0.397. The Hall–Kier alpha value is -2.10. The third-order valence-corrected chi connectivity index (χ3v) is 5.04. The third kappa shape index (κ3) is 5.00. The Kier molecular flexibility index (Phi) is 6.35. The summed E-state index contributed by atoms with van der Waals surface area (Å²) in [4.78, 5) is 34.4. The number of carbonyl (C=O) groups excluding carboxylic acids is 2. The van der Waals surface area contributed by atoms with Gasteiger partial charge in [0.25, 0.3) is 5.91 Å². The topological polar surface area (TPSA) is 119 Å². The second kappa shape index (κ2) is 8.73. The number of nitrogens with one attached hydrogen (secondary N) is 3. The summed E-state index contributed by atoms with van der Waals surface area (Å²) < 4.78 is 0. The highest BCUT2D eigenvalue weighted by Crippen LogP contribution is 2.18. The zero-order chi connectivity index (χ0) is 19.4. The third-order valence-electron chi connectivity index (χ3n) is 5.04. The Balaban J connectivity index is 1.49. The van der Waals surface area contributed by atoms with Crippen molar-refractivity contribution >= 4 is 11.8 Å². The fraction of sp³-hybridized carbons (Fsp3) is 0.667. The molecule has 2 unspecified atom stereocenters. The minimum Gasteiger partial charge on any atom is -0.389 e. The molecule has 9 heteroatoms. The van der Waals surface area contributed by atoms with E-state index in [0.717, 1.165) is 12.8 Å². The van der Waals surface area contributed by atoms with Crippen LogP contribution in [-0.4, -0.2) is 69.1 Å². The van der Waals surface area contributed by atoms with Crippen molar-refractivity contribution in [2.45, 2.75) is 57.3 Å². The van der Waals surface area contributed by atoms with E-state index < -0.39 is 12.1 Å². The fourth-order valence-corrected chi connectivity index (χ4v) is 3.69. The summed E-state index contributed by atoms with van der Waals surface area (Å²) in [7, 11) is 0. The van der Waals surface area contributed by atoms with E-state index in [1.165, 1.54) is 18.6 Å². The van der Waals surface area contributed by atoms with Gasteiger partial charge in [-0.2, -0.15) is 0 Å². The van der Waals surface area contributed by atoms with Gasteiger partial charge in [-0.15, -0.1) is 0 Å². The van der Waals surface area contributed by atoms with Crippen molar-refractivity contribution in [3.8, 4) is 0 Å². The second-order valence-electron chi connectivity index (χ2n) is 7.71. The number of likely N-dealkylation sites (tertiary alicyclic amines) is 1. The molecular formula is C18H28N6O3. The summed E-state index contributed by atoms with van der Waals surface area (Å²) in [5.74, 6) is 0.185. The number of carbonyl (C=O) groups is 2. The van der Waals surface area contributed by atoms with Crippen molar-refractivity contribution < 1.29 is 14.7 Å². The van der Waals surface area contributed by atoms with Crippen LogP contribution in [-0.2, 0) is 4.79 Å². The van der Waals surface area contributed by atoms with E-state index in [1.54, 1.807) is 4.90 Å². The van der Waals surface area contributed by atoms with E-state index in [1.807, 2.05) is 0 Å². The van der Waals surface area contributed by atoms with Crippen molar-refractivity contribution in [1.29, 1.82) is 0 Å². The molecule has 2 amide bonds. The SMILES string of the molecule is CC(C)CC1CC(C(=O)N2CC[C@@H](NC(=O)c3cnccn3)[C@H](O)C2)NN1. The van der Waals surface area contributed by atoms with E-state index in [-0.39, 0.29) is 36.1 Å². The molecule has 0 aromatic carbocycles. The van der Waals surface area contributed by atoms with Crippen LogP contribution in [0.25, 0.3) is 0 Å². The number of hydrogen-bond donors (Lipinski definition) is 4. The zero-order valence-electron chi connectivity index (χ0n) is 15.8. The van der Waals surface area contributed by atoms with Crippen LogP contribution in [0.2, 0.25) is 0 Å². The standard InChI is InChI=1S/C18H28N6O3/c1-11(2)7-12-8-14(23-22-12)18(27)24-6-3-13(16(25)10-24)21-17(26)15-9-19-4-5-20-15/h4-5,9,11-14,16,22-23,25H,3,6-8,10H2,1-2H3,(H,21,26)/t12?,13-,14?,16-/m1/s1. The van der Waals surface area contributed by atoms with Crippen LogP contribution in [0, 0.1) is 5.92 Å². The zero-order valence-corrected chi connectivity index (χ0v) is 15.8. The molecule has 2 fully saturated rings. The number of hydrazine groups is 1. The van der Waals surface area contributed by atoms with Gasteiger partial charge in [-0.25, -0.2) is 10.4 Å². The van der Waals surface area contributed by atoms with Gasteiger partial charge in [-0.05, 0) is 25.2 Å². The Morgan fingerprint density at radius 2 is 2.19 bits per heavy atom. The normalized spacial score (nSPS) is 28.4. The van der Waals surface area contributed by atoms with Crippen LogP contribution < -0.4 is 16.2 Å². The molecular weight excluding hydrogens is 348 g/mol. The number of piperidine rings is 1. The van der Waals surface area contributed by atoms with Crippen molar-refractivity contribution in [2.75, 3.05) is 13.1 Å². The molecule has 27 heavy (non-hydrogen) atoms. The maximum atomic E-state index is 12.7. The lowest BCUT2D eigenvalue weighted by molar-refractivity contribution is -0.136. The molecule has 2 aliphatic heterocycles. The van der Waals surface area contributed by atoms with Gasteiger partial charge in [0, 0.05) is 31.5 Å². The first-order valence-corrected chi connectivity index (χ1v) is 9.48. The first-order chi connectivity index (χ1) is 12.9. The largest absolute Gasteiger partial charge is 0.389 e. The molecule has 0 radical (unpaired) electrons. The van der Waals surface area contributed by atoms with Gasteiger partial charge in [-0.1, -0.05) is 13.8 Å². The first-order valence-electron chi connectivity index (χ1n) is 9.48. The van der Waals surface area contributed by atoms with Crippen LogP contribution in [0.4, 0.5) is 0 Å². The molecule has 4 N–H and O–H groups in total. The van der Waals surface area contributed by atoms with Crippen LogP contribution in [0.5, 0.6) is 0 Å². The Bertz CT molecular complexity index is 656. The molecule has 0 bridgehead atoms. The number of aromatic nitrogens is 2. The molecule has 4 atom stereocenters. The van der Waals surface area contributed by atoms with E-state index in [0.29, 0.717) is 18.9 Å². The molecule has 3 heterocycles. The number of amides is 2. The first kappa shape index (κ1) is 19.7. The highest BCUT2D eigenvalue weighted by molar-refractivity contribution is 5.92. The average Bonchev–Trinajstić information content (AvgIpc) is 3.11. The lowest BCUT2D eigenvalue weighted by Gasteiger charge is -2.37. The minimum absolute atomic E-state index is 0.00786. The molecule has 0 saturated carbocycles. The average molecular weight is 376 g/mol. The number of hydrogen-bond acceptors (Lipinski definition) is 7. The van der Waals surface area contributed by atoms with E-state index in [2.05, 4.69) is 40.0 Å². The van der Waals surface area contributed by atoms with Gasteiger partial charge >= 0.3 is 0 Å². The lowest BCUT2D eigenvalue weighted by Crippen LogP contribution is -2.58. The quantitative estimate of drug-likeness (QED) is 0.544. The summed E-state index contributed by atoms with van der Waals surface area (Å²) in [6.45, 7) is 5.02. The van der Waals surface area contributed by atoms with Crippen LogP contribution >= 0.6 is 0 Å². The Morgan fingerprint density at radius 1 is 1.37 bits per heavy atom. The summed E-state index contributed by atoms with van der Waals surface area (Å²) >= 11 is 0. The van der Waals surface area contributed by atoms with Crippen molar-refractivity contribution in [2.24, 2.45) is 5.92 Å². The van der Waals surface area contributed by atoms with Crippen molar-refractivity contribution in [3.63, 3.8) is 0 Å². The number of β-amino-alcohol motifs (C(OH)–C–C–N with tert-alkyl or cyclic N) is 1. The van der Waals surface area contributed by atoms with Gasteiger partial charge in [0.15, 0.2) is 0 Å². The fourth-order valence-electron chi connectivity index (χ4n) is 3.69. The predicted octanol–water partition coefficient (Wildman–Crippen LogP) is -0.551. The van der Waals surface area contributed by atoms with Gasteiger partial charge in [0.05, 0.1) is 18.3 Å². The Morgan fingerprint density at radius 3 is 2.85 bits per heavy atom. The maximum Gasteiger partial charge on any atom is 0.271 e. The van der Waals surface area contributed by atoms with E-state index >= 15 is 0 Å². The van der Waals surface area contributed by atoms with Crippen molar-refractivity contribution in [1.82, 2.24) is 31.0 Å². The van der Waals surface area contributed by atoms with Crippen molar-refractivity contribution in [3.05, 3.63) is 24.3 Å². The van der Waals surface area contributed by atoms with Crippen LogP contribution in [0.1, 0.15) is 43.6 Å². The van der Waals surface area contributed by atoms with E-state index in [4.69, 9.17) is 0 Å². The van der Waals surface area contributed by atoms with Crippen LogP contribution in [0.15, 0.2) is 18.6 Å². The molecule has 0 aliphatic carbocycles. The van der Waals surface area contributed by atoms with E-state index in [9.17, 15) is 14.7 Å². The highest BCUT2D eigenvalue weighted by atomic mass is 16.3. The predicted molar refractivity (Wildman–Crippen MR) is 98.4 cm³/mol. The number of aliphatic hydroxyl groups excluding tert-OH is 1. The van der Waals surface area contributed by atoms with Gasteiger partial charge < -0.3 is 15.3 Å². The molecule has 1 aromatic rings. The smallest absolute Gasteiger partial charge is 0.271 e. The summed E-state index contributed by atoms with van der Waals surface area (Å²) in [5.41, 5.74) is 6.48. The molecule has 3 rings (SSSR count). The monoisotopic (exact) mass is 376 g/mol. The minimum atomic E-state index is -0.816. The number of rotatable bonds is 5. The number of nitrogens with zero attached hydrogens (tertiary/aromatic N) is 3. The Labute approximate surface area is 158 Å². The molecule has 2 aliphatic rings. The molecule has 148 valence electrons. The van der Waals surface area contributed by atoms with Gasteiger partial charge in [-0.3, -0.25) is 20.0 Å². The maximum absolute atomic E-state index is 12.7. The molecule has 2 saturated heterocycles. The summed E-state index contributed by atoms with van der Waals surface area (Å²) in [6.07, 6.45) is 5.76. The van der Waals surface area contributed by atoms with Gasteiger partial charge in [0.1, 0.15) is 11.7 Å². The summed E-state index contributed by atoms with van der Waals surface area (Å²) in [5, 5.41) is 13.2. The molecule has 9 nitrogen and oxygen atoms in total. The molecule has 1 aromatic heterocycles. The number of aliphatic hydroxyl groups is 1.